The zero-order valence-corrected chi connectivity index (χ0v) is 12.9. The maximum absolute atomic E-state index is 2.48. The van der Waals surface area contributed by atoms with Gasteiger partial charge in [-0.15, -0.1) is 0 Å². The second-order valence-electron chi connectivity index (χ2n) is 6.64. The molecule has 0 saturated carbocycles. The fourth-order valence-corrected chi connectivity index (χ4v) is 2.63. The van der Waals surface area contributed by atoms with Crippen LogP contribution in [-0.2, 0) is 0 Å². The van der Waals surface area contributed by atoms with Gasteiger partial charge < -0.3 is 0 Å². The summed E-state index contributed by atoms with van der Waals surface area (Å²) in [5.74, 6) is 3.37. The molecule has 0 N–H and O–H groups in total. The summed E-state index contributed by atoms with van der Waals surface area (Å²) >= 11 is 0. The Bertz CT molecular complexity index is 180. The van der Waals surface area contributed by atoms with Crippen molar-refractivity contribution in [1.82, 2.24) is 0 Å². The second kappa shape index (κ2) is 6.67. The van der Waals surface area contributed by atoms with Crippen molar-refractivity contribution in [2.45, 2.75) is 74.7 Å². The fourth-order valence-electron chi connectivity index (χ4n) is 2.63. The third kappa shape index (κ3) is 4.11. The van der Waals surface area contributed by atoms with Crippen LogP contribution in [0, 0.1) is 29.1 Å². The van der Waals surface area contributed by atoms with Crippen LogP contribution in [0.3, 0.4) is 0 Å². The smallest absolute Gasteiger partial charge is 0.0303 e. The Kier molecular flexibility index (Phi) is 6.67. The van der Waals surface area contributed by atoms with E-state index in [1.807, 2.05) is 0 Å². The molecule has 0 amide bonds. The van der Waals surface area contributed by atoms with Crippen LogP contribution in [0.25, 0.3) is 0 Å². The third-order valence-corrected chi connectivity index (χ3v) is 5.25. The van der Waals surface area contributed by atoms with Gasteiger partial charge in [0.2, 0.25) is 0 Å². The quantitative estimate of drug-likeness (QED) is 0.517. The van der Waals surface area contributed by atoms with Crippen molar-refractivity contribution in [3.63, 3.8) is 0 Å². The molecule has 0 aliphatic heterocycles. The van der Waals surface area contributed by atoms with Crippen LogP contribution in [0.4, 0.5) is 0 Å². The van der Waals surface area contributed by atoms with Crippen LogP contribution in [-0.4, -0.2) is 0 Å². The maximum atomic E-state index is 2.48. The number of rotatable bonds is 7. The third-order valence-electron chi connectivity index (χ3n) is 5.25. The summed E-state index contributed by atoms with van der Waals surface area (Å²) in [5.41, 5.74) is 0.532. The average molecular weight is 226 g/mol. The molecule has 3 unspecified atom stereocenters. The first kappa shape index (κ1) is 16.0. The van der Waals surface area contributed by atoms with E-state index in [9.17, 15) is 0 Å². The topological polar surface area (TPSA) is 0 Å². The summed E-state index contributed by atoms with van der Waals surface area (Å²) in [7, 11) is 0. The van der Waals surface area contributed by atoms with Gasteiger partial charge in [0.25, 0.3) is 0 Å². The molecule has 0 nitrogen and oxygen atoms in total. The molecule has 0 bridgehead atoms. The van der Waals surface area contributed by atoms with E-state index in [0.29, 0.717) is 5.41 Å². The molecular weight excluding hydrogens is 192 g/mol. The highest BCUT2D eigenvalue weighted by molar-refractivity contribution is 4.81. The first-order valence-electron chi connectivity index (χ1n) is 7.28. The molecule has 0 aromatic carbocycles. The van der Waals surface area contributed by atoms with E-state index in [-0.39, 0.29) is 0 Å². The van der Waals surface area contributed by atoms with Crippen LogP contribution in [0.5, 0.6) is 0 Å². The molecule has 0 fully saturated rings. The molecule has 0 saturated heterocycles. The predicted octanol–water partition coefficient (Wildman–Crippen LogP) is 5.77. The van der Waals surface area contributed by atoms with Gasteiger partial charge in [0.15, 0.2) is 0 Å². The minimum Gasteiger partial charge on any atom is -0.0651 e. The summed E-state index contributed by atoms with van der Waals surface area (Å²) in [6.07, 6.45) is 4.05. The lowest BCUT2D eigenvalue weighted by Gasteiger charge is -2.39. The standard InChI is InChI=1S/C16H34/c1-9-15(14(7)12(3)4)11-16(8,10-2)13(5)6/h12-15H,9-11H2,1-8H3. The predicted molar refractivity (Wildman–Crippen MR) is 75.6 cm³/mol. The van der Waals surface area contributed by atoms with Gasteiger partial charge in [0, 0.05) is 0 Å². The van der Waals surface area contributed by atoms with Gasteiger partial charge in [-0.25, -0.2) is 0 Å². The number of hydrogen-bond donors (Lipinski definition) is 0. The van der Waals surface area contributed by atoms with Crippen molar-refractivity contribution in [2.24, 2.45) is 29.1 Å². The van der Waals surface area contributed by atoms with Gasteiger partial charge in [-0.3, -0.25) is 0 Å². The molecule has 0 heteroatoms. The lowest BCUT2D eigenvalue weighted by atomic mass is 9.67. The van der Waals surface area contributed by atoms with Crippen LogP contribution in [0.1, 0.15) is 74.7 Å². The minimum absolute atomic E-state index is 0.532. The monoisotopic (exact) mass is 226 g/mol. The lowest BCUT2D eigenvalue weighted by molar-refractivity contribution is 0.114. The minimum atomic E-state index is 0.532. The van der Waals surface area contributed by atoms with E-state index in [0.717, 1.165) is 23.7 Å². The lowest BCUT2D eigenvalue weighted by Crippen LogP contribution is -2.29. The zero-order chi connectivity index (χ0) is 12.9. The molecule has 98 valence electrons. The zero-order valence-electron chi connectivity index (χ0n) is 12.9. The van der Waals surface area contributed by atoms with Crippen LogP contribution in [0.15, 0.2) is 0 Å². The molecule has 0 aliphatic carbocycles. The molecule has 0 radical (unpaired) electrons. The SMILES string of the molecule is CCC(CC(C)(CC)C(C)C)C(C)C(C)C. The molecule has 0 spiro atoms. The van der Waals surface area contributed by atoms with Gasteiger partial charge in [0.05, 0.1) is 0 Å². The summed E-state index contributed by atoms with van der Waals surface area (Å²) < 4.78 is 0. The van der Waals surface area contributed by atoms with E-state index in [4.69, 9.17) is 0 Å². The average Bonchev–Trinajstić information content (AvgIpc) is 2.24. The first-order chi connectivity index (χ1) is 7.28. The summed E-state index contributed by atoms with van der Waals surface area (Å²) in [6.45, 7) is 19.1. The molecule has 0 aromatic rings. The molecule has 0 aromatic heterocycles. The Hall–Kier alpha value is 0. The van der Waals surface area contributed by atoms with Gasteiger partial charge in [0.1, 0.15) is 0 Å². The first-order valence-corrected chi connectivity index (χ1v) is 7.28. The van der Waals surface area contributed by atoms with Gasteiger partial charge in [-0.2, -0.15) is 0 Å². The highest BCUT2D eigenvalue weighted by Crippen LogP contribution is 2.41. The fraction of sp³-hybridized carbons (Fsp3) is 1.00. The van der Waals surface area contributed by atoms with Crippen molar-refractivity contribution >= 4 is 0 Å². The molecule has 16 heavy (non-hydrogen) atoms. The maximum Gasteiger partial charge on any atom is -0.0303 e. The Morgan fingerprint density at radius 2 is 1.44 bits per heavy atom. The number of hydrogen-bond acceptors (Lipinski definition) is 0. The molecule has 0 aliphatic rings. The van der Waals surface area contributed by atoms with E-state index in [2.05, 4.69) is 55.4 Å². The van der Waals surface area contributed by atoms with Crippen LogP contribution < -0.4 is 0 Å². The van der Waals surface area contributed by atoms with E-state index >= 15 is 0 Å². The molecule has 3 atom stereocenters. The Labute approximate surface area is 104 Å². The van der Waals surface area contributed by atoms with E-state index < -0.39 is 0 Å². The van der Waals surface area contributed by atoms with E-state index in [1.54, 1.807) is 0 Å². The largest absolute Gasteiger partial charge is 0.0651 e. The highest BCUT2D eigenvalue weighted by Gasteiger charge is 2.31. The second-order valence-corrected chi connectivity index (χ2v) is 6.64. The summed E-state index contributed by atoms with van der Waals surface area (Å²) in [6, 6.07) is 0. The van der Waals surface area contributed by atoms with Crippen molar-refractivity contribution in [1.29, 1.82) is 0 Å². The van der Waals surface area contributed by atoms with E-state index in [1.165, 1.54) is 19.3 Å². The van der Waals surface area contributed by atoms with Crippen molar-refractivity contribution < 1.29 is 0 Å². The Balaban J connectivity index is 4.63. The Morgan fingerprint density at radius 3 is 1.69 bits per heavy atom. The summed E-state index contributed by atoms with van der Waals surface area (Å²) in [4.78, 5) is 0. The van der Waals surface area contributed by atoms with Crippen molar-refractivity contribution in [3.8, 4) is 0 Å². The molecule has 0 rings (SSSR count). The van der Waals surface area contributed by atoms with Gasteiger partial charge >= 0.3 is 0 Å². The van der Waals surface area contributed by atoms with Gasteiger partial charge in [-0.05, 0) is 35.5 Å². The Morgan fingerprint density at radius 1 is 0.938 bits per heavy atom. The van der Waals surface area contributed by atoms with Gasteiger partial charge in [-0.1, -0.05) is 68.2 Å². The normalized spacial score (nSPS) is 19.9. The molecule has 0 heterocycles. The molecular formula is C16H34. The summed E-state index contributed by atoms with van der Waals surface area (Å²) in [5, 5.41) is 0. The van der Waals surface area contributed by atoms with Crippen molar-refractivity contribution in [3.05, 3.63) is 0 Å². The van der Waals surface area contributed by atoms with Crippen LogP contribution >= 0.6 is 0 Å². The van der Waals surface area contributed by atoms with Crippen LogP contribution in [0.2, 0.25) is 0 Å². The van der Waals surface area contributed by atoms with Crippen molar-refractivity contribution in [2.75, 3.05) is 0 Å². The highest BCUT2D eigenvalue weighted by atomic mass is 14.4.